The van der Waals surface area contributed by atoms with E-state index in [1.165, 1.54) is 6.33 Å². The smallest absolute Gasteiger partial charge is 0.245 e. The number of rotatable bonds is 17. The van der Waals surface area contributed by atoms with Crippen LogP contribution in [0.2, 0.25) is 25.7 Å². The molecule has 0 saturated carbocycles. The van der Waals surface area contributed by atoms with Gasteiger partial charge < -0.3 is 37.9 Å². The summed E-state index contributed by atoms with van der Waals surface area (Å²) in [5.74, 6) is 2.34. The van der Waals surface area contributed by atoms with Crippen LogP contribution in [0, 0.1) is 0 Å². The van der Waals surface area contributed by atoms with Crippen LogP contribution in [0.3, 0.4) is 0 Å². The van der Waals surface area contributed by atoms with E-state index in [9.17, 15) is 5.11 Å². The Kier molecular flexibility index (Phi) is 12.1. The summed E-state index contributed by atoms with van der Waals surface area (Å²) in [6.45, 7) is 7.57. The Hall–Kier alpha value is -5.90. The van der Waals surface area contributed by atoms with Crippen molar-refractivity contribution in [2.24, 2.45) is 0 Å². The summed E-state index contributed by atoms with van der Waals surface area (Å²) >= 11 is 0. The summed E-state index contributed by atoms with van der Waals surface area (Å²) in [5.41, 5.74) is 4.15. The molecule has 1 saturated heterocycles. The number of aromatic nitrogens is 5. The van der Waals surface area contributed by atoms with Gasteiger partial charge in [0.1, 0.15) is 48.0 Å². The van der Waals surface area contributed by atoms with Crippen LogP contribution < -0.4 is 14.2 Å². The number of ether oxygens (including phenoxy) is 6. The number of imidazole rings is 1. The minimum Gasteiger partial charge on any atom is -0.497 e. The summed E-state index contributed by atoms with van der Waals surface area (Å²) in [6, 6.07) is 34.3. The molecular weight excluding hydrogens is 779 g/mol. The minimum atomic E-state index is -1.36. The number of benzene rings is 4. The van der Waals surface area contributed by atoms with Crippen molar-refractivity contribution in [3.05, 3.63) is 150 Å². The maximum Gasteiger partial charge on any atom is 0.245 e. The maximum atomic E-state index is 12.3. The molecule has 310 valence electrons. The lowest BCUT2D eigenvalue weighted by atomic mass is 9.80. The highest BCUT2D eigenvalue weighted by molar-refractivity contribution is 6.76. The lowest BCUT2D eigenvalue weighted by molar-refractivity contribution is -0.0968. The first-order valence-electron chi connectivity index (χ1n) is 19.9. The van der Waals surface area contributed by atoms with Crippen molar-refractivity contribution in [2.75, 3.05) is 27.4 Å². The molecule has 0 unspecified atom stereocenters. The van der Waals surface area contributed by atoms with E-state index >= 15 is 0 Å². The second-order valence-corrected chi connectivity index (χ2v) is 21.5. The Balaban J connectivity index is 1.14. The van der Waals surface area contributed by atoms with E-state index in [0.717, 1.165) is 33.9 Å². The van der Waals surface area contributed by atoms with Gasteiger partial charge in [-0.15, -0.1) is 0 Å². The van der Waals surface area contributed by atoms with Gasteiger partial charge in [-0.1, -0.05) is 86.4 Å². The molecule has 0 amide bonds. The van der Waals surface area contributed by atoms with Crippen LogP contribution in [-0.2, 0) is 26.4 Å². The van der Waals surface area contributed by atoms with E-state index < -0.39 is 38.2 Å². The van der Waals surface area contributed by atoms with Crippen molar-refractivity contribution < 1.29 is 37.9 Å². The Labute approximate surface area is 349 Å². The molecular formula is C46H49N5O8Si. The lowest BCUT2D eigenvalue weighted by Gasteiger charge is -2.37. The number of aliphatic hydroxyl groups is 1. The number of nitrogens with zero attached hydrogens (tertiary/aromatic N) is 5. The Morgan fingerprint density at radius 2 is 1.45 bits per heavy atom. The maximum absolute atomic E-state index is 12.3. The molecule has 14 heteroatoms. The summed E-state index contributed by atoms with van der Waals surface area (Å²) in [5, 5.41) is 12.3. The van der Waals surface area contributed by atoms with Crippen LogP contribution in [0.15, 0.2) is 133 Å². The van der Waals surface area contributed by atoms with Gasteiger partial charge in [-0.05, 0) is 64.7 Å². The fourth-order valence-corrected chi connectivity index (χ4v) is 8.13. The molecule has 0 bridgehead atoms. The summed E-state index contributed by atoms with van der Waals surface area (Å²) in [4.78, 5) is 18.0. The van der Waals surface area contributed by atoms with Crippen molar-refractivity contribution in [3.63, 3.8) is 0 Å². The van der Waals surface area contributed by atoms with Crippen molar-refractivity contribution in [2.45, 2.75) is 62.4 Å². The quantitative estimate of drug-likeness (QED) is 0.0700. The Morgan fingerprint density at radius 3 is 2.07 bits per heavy atom. The molecule has 4 aromatic carbocycles. The average molecular weight is 828 g/mol. The summed E-state index contributed by atoms with van der Waals surface area (Å²) in [6.07, 6.45) is 2.56. The van der Waals surface area contributed by atoms with Crippen molar-refractivity contribution in [1.29, 1.82) is 0 Å². The summed E-state index contributed by atoms with van der Waals surface area (Å²) in [7, 11) is 1.92. The molecule has 0 spiro atoms. The van der Waals surface area contributed by atoms with Crippen LogP contribution in [0.4, 0.5) is 0 Å². The van der Waals surface area contributed by atoms with Gasteiger partial charge in [0.25, 0.3) is 0 Å². The van der Waals surface area contributed by atoms with E-state index in [4.69, 9.17) is 32.8 Å². The first kappa shape index (κ1) is 40.9. The molecule has 4 atom stereocenters. The molecule has 1 N–H and O–H groups in total. The zero-order chi connectivity index (χ0) is 41.7. The lowest BCUT2D eigenvalue weighted by Crippen LogP contribution is -2.40. The molecule has 3 aromatic heterocycles. The van der Waals surface area contributed by atoms with E-state index in [1.807, 2.05) is 103 Å². The van der Waals surface area contributed by atoms with Gasteiger partial charge >= 0.3 is 0 Å². The predicted octanol–water partition coefficient (Wildman–Crippen LogP) is 8.07. The van der Waals surface area contributed by atoms with Gasteiger partial charge in [0.05, 0.1) is 46.6 Å². The molecule has 8 rings (SSSR count). The number of oxazole rings is 1. The second-order valence-electron chi connectivity index (χ2n) is 15.8. The van der Waals surface area contributed by atoms with Crippen LogP contribution in [0.25, 0.3) is 22.6 Å². The number of methoxy groups -OCH3 is 2. The van der Waals surface area contributed by atoms with Crippen molar-refractivity contribution in [1.82, 2.24) is 24.5 Å². The van der Waals surface area contributed by atoms with E-state index in [2.05, 4.69) is 39.6 Å². The third-order valence-electron chi connectivity index (χ3n) is 10.7. The van der Waals surface area contributed by atoms with Crippen LogP contribution in [0.1, 0.15) is 28.5 Å². The van der Waals surface area contributed by atoms with Crippen molar-refractivity contribution >= 4 is 19.2 Å². The van der Waals surface area contributed by atoms with E-state index in [1.54, 1.807) is 37.6 Å². The third-order valence-corrected chi connectivity index (χ3v) is 12.4. The van der Waals surface area contributed by atoms with Gasteiger partial charge in [0, 0.05) is 13.6 Å². The SMILES string of the molecule is COc1ccc(C(OC[C@H]2O[C@@H](n3cnc4c(OCC[Si](C)(C)C)ncnc43)[C@H](OCc3ccc(-c4ncco4)cc3)[C@@H]2O)(c2ccccc2)c2ccc(OC)cc2)cc1. The Bertz CT molecular complexity index is 2390. The molecule has 1 aliphatic rings. The summed E-state index contributed by atoms with van der Waals surface area (Å²) < 4.78 is 45.1. The normalized spacial score (nSPS) is 18.2. The molecule has 13 nitrogen and oxygen atoms in total. The first-order valence-corrected chi connectivity index (χ1v) is 23.6. The molecule has 1 fully saturated rings. The fourth-order valence-electron chi connectivity index (χ4n) is 7.42. The van der Waals surface area contributed by atoms with Gasteiger partial charge in [0.2, 0.25) is 11.8 Å². The standard InChI is InChI=1S/C46H49N5O8Si/c1-53-36-19-15-34(16-20-36)46(33-9-7-6-8-10-33,35-17-21-37(54-2)22-18-35)58-28-38-40(52)41(57-27-31-11-13-32(14-12-31)43-47-23-24-55-43)45(59-38)51-30-50-39-42(51)48-29-49-44(39)56-25-26-60(3,4)5/h6-24,29-30,38,40-41,45,52H,25-28H2,1-5H3/t38-,40-,41-,45-/m1/s1. The van der Waals surface area contributed by atoms with Crippen LogP contribution in [0.5, 0.6) is 17.4 Å². The highest BCUT2D eigenvalue weighted by Gasteiger charge is 2.48. The first-order chi connectivity index (χ1) is 29.2. The second kappa shape index (κ2) is 17.8. The van der Waals surface area contributed by atoms with Gasteiger partial charge in [0.15, 0.2) is 17.4 Å². The zero-order valence-electron chi connectivity index (χ0n) is 34.3. The molecule has 60 heavy (non-hydrogen) atoms. The third kappa shape index (κ3) is 8.55. The van der Waals surface area contributed by atoms with E-state index in [-0.39, 0.29) is 13.2 Å². The number of aliphatic hydroxyl groups excluding tert-OH is 1. The monoisotopic (exact) mass is 827 g/mol. The van der Waals surface area contributed by atoms with Crippen LogP contribution in [-0.4, -0.2) is 83.4 Å². The van der Waals surface area contributed by atoms with Gasteiger partial charge in [-0.3, -0.25) is 4.57 Å². The van der Waals surface area contributed by atoms with Crippen molar-refractivity contribution in [3.8, 4) is 28.8 Å². The highest BCUT2D eigenvalue weighted by atomic mass is 28.3. The number of fused-ring (bicyclic) bond motifs is 1. The topological polar surface area (TPSA) is 145 Å². The van der Waals surface area contributed by atoms with E-state index in [0.29, 0.717) is 41.0 Å². The minimum absolute atomic E-state index is 0.0258. The zero-order valence-corrected chi connectivity index (χ0v) is 35.3. The molecule has 0 aliphatic carbocycles. The molecule has 4 heterocycles. The predicted molar refractivity (Wildman–Crippen MR) is 228 cm³/mol. The molecule has 7 aromatic rings. The largest absolute Gasteiger partial charge is 0.497 e. The number of hydrogen-bond acceptors (Lipinski definition) is 12. The fraction of sp³-hybridized carbons (Fsp3) is 0.304. The highest BCUT2D eigenvalue weighted by Crippen LogP contribution is 2.43. The molecule has 1 aliphatic heterocycles. The van der Waals surface area contributed by atoms with Gasteiger partial charge in [-0.2, -0.15) is 4.98 Å². The molecule has 0 radical (unpaired) electrons. The Morgan fingerprint density at radius 1 is 0.783 bits per heavy atom. The number of hydrogen-bond donors (Lipinski definition) is 1. The van der Waals surface area contributed by atoms with Gasteiger partial charge in [-0.25, -0.2) is 15.0 Å². The average Bonchev–Trinajstić information content (AvgIpc) is 4.04. The van der Waals surface area contributed by atoms with Crippen LogP contribution >= 0.6 is 0 Å².